The summed E-state index contributed by atoms with van der Waals surface area (Å²) in [6.45, 7) is 10.6. The van der Waals surface area contributed by atoms with Crippen molar-refractivity contribution < 1.29 is 23.3 Å². The van der Waals surface area contributed by atoms with E-state index >= 15 is 0 Å². The second-order valence-electron chi connectivity index (χ2n) is 7.51. The van der Waals surface area contributed by atoms with Gasteiger partial charge in [0.2, 0.25) is 5.91 Å². The Morgan fingerprint density at radius 1 is 1.15 bits per heavy atom. The number of amides is 1. The average molecular weight is 361 g/mol. The fourth-order valence-corrected chi connectivity index (χ4v) is 2.50. The summed E-state index contributed by atoms with van der Waals surface area (Å²) < 4.78 is 26.3. The van der Waals surface area contributed by atoms with Crippen LogP contribution in [0.1, 0.15) is 57.5 Å². The first-order valence-electron chi connectivity index (χ1n) is 8.54. The van der Waals surface area contributed by atoms with Gasteiger partial charge in [-0.15, -0.1) is 0 Å². The zero-order valence-corrected chi connectivity index (χ0v) is 16.1. The number of hydrogen-bond donors (Lipinski definition) is 1. The molecule has 0 atom stereocenters. The van der Waals surface area contributed by atoms with Crippen molar-refractivity contribution in [3.8, 4) is 0 Å². The average Bonchev–Trinajstić information content (AvgIpc) is 2.72. The lowest BCUT2D eigenvalue weighted by atomic mass is 9.76. The van der Waals surface area contributed by atoms with Crippen molar-refractivity contribution in [2.45, 2.75) is 52.7 Å². The van der Waals surface area contributed by atoms with E-state index in [1.807, 2.05) is 27.7 Å². The summed E-state index contributed by atoms with van der Waals surface area (Å²) in [6, 6.07) is 4.18. The van der Waals surface area contributed by atoms with Crippen LogP contribution in [0.15, 0.2) is 23.7 Å². The van der Waals surface area contributed by atoms with Crippen LogP contribution in [0.2, 0.25) is 0 Å². The molecular weight excluding hydrogens is 336 g/mol. The highest BCUT2D eigenvalue weighted by Gasteiger charge is 2.52. The quantitative estimate of drug-likeness (QED) is 0.646. The van der Waals surface area contributed by atoms with Gasteiger partial charge < -0.3 is 14.6 Å². The molecule has 0 unspecified atom stereocenters. The molecule has 1 aliphatic heterocycles. The monoisotopic (exact) mass is 361 g/mol. The van der Waals surface area contributed by atoms with Crippen molar-refractivity contribution in [1.82, 2.24) is 5.32 Å². The predicted molar refractivity (Wildman–Crippen MR) is 99.1 cm³/mol. The number of halogens is 1. The summed E-state index contributed by atoms with van der Waals surface area (Å²) in [5.74, 6) is -0.837. The molecule has 1 fully saturated rings. The van der Waals surface area contributed by atoms with Gasteiger partial charge in [0.05, 0.1) is 11.2 Å². The normalized spacial score (nSPS) is 18.7. The van der Waals surface area contributed by atoms with Crippen LogP contribution in [-0.2, 0) is 14.1 Å². The van der Waals surface area contributed by atoms with Crippen molar-refractivity contribution >= 4 is 24.9 Å². The number of nitrogens with one attached hydrogen (secondary N) is 1. The summed E-state index contributed by atoms with van der Waals surface area (Å²) in [7, 11) is -0.729. The molecule has 140 valence electrons. The largest absolute Gasteiger partial charge is 0.492 e. The minimum Gasteiger partial charge on any atom is -0.400 e. The summed E-state index contributed by atoms with van der Waals surface area (Å²) in [5.41, 5.74) is 0.0937. The number of carbonyl (C=O) groups excluding carboxylic acids is 2. The van der Waals surface area contributed by atoms with Crippen molar-refractivity contribution in [2.75, 3.05) is 6.54 Å². The van der Waals surface area contributed by atoms with Gasteiger partial charge in [0, 0.05) is 24.6 Å². The van der Waals surface area contributed by atoms with E-state index in [0.29, 0.717) is 11.0 Å². The third-order valence-electron chi connectivity index (χ3n) is 4.84. The lowest BCUT2D eigenvalue weighted by Gasteiger charge is -2.32. The lowest BCUT2D eigenvalue weighted by molar-refractivity contribution is -0.118. The number of benzene rings is 1. The van der Waals surface area contributed by atoms with Gasteiger partial charge in [0.1, 0.15) is 5.82 Å². The van der Waals surface area contributed by atoms with Crippen molar-refractivity contribution in [1.29, 1.82) is 0 Å². The van der Waals surface area contributed by atoms with E-state index in [4.69, 9.17) is 9.31 Å². The van der Waals surface area contributed by atoms with E-state index in [2.05, 4.69) is 5.32 Å². The highest BCUT2D eigenvalue weighted by Crippen LogP contribution is 2.38. The summed E-state index contributed by atoms with van der Waals surface area (Å²) in [5, 5.41) is 2.70. The van der Waals surface area contributed by atoms with Gasteiger partial charge in [-0.05, 0) is 58.3 Å². The Bertz CT molecular complexity index is 742. The van der Waals surface area contributed by atoms with Gasteiger partial charge in [0.25, 0.3) is 0 Å². The molecule has 1 heterocycles. The summed E-state index contributed by atoms with van der Waals surface area (Å²) in [4.78, 5) is 22.9. The van der Waals surface area contributed by atoms with Gasteiger partial charge in [-0.2, -0.15) is 0 Å². The van der Waals surface area contributed by atoms with Crippen LogP contribution in [0.5, 0.6) is 0 Å². The Kier molecular flexibility index (Phi) is 5.73. The molecule has 1 aromatic carbocycles. The van der Waals surface area contributed by atoms with Crippen LogP contribution in [0.3, 0.4) is 0 Å². The molecular formula is C19H25BFNO4. The van der Waals surface area contributed by atoms with E-state index in [0.717, 1.165) is 0 Å². The van der Waals surface area contributed by atoms with Crippen molar-refractivity contribution in [3.63, 3.8) is 0 Å². The van der Waals surface area contributed by atoms with Crippen LogP contribution in [0.25, 0.3) is 6.08 Å². The molecule has 0 spiro atoms. The number of hydrogen-bond acceptors (Lipinski definition) is 4. The molecule has 0 aliphatic carbocycles. The van der Waals surface area contributed by atoms with E-state index in [1.54, 1.807) is 6.08 Å². The first-order valence-corrected chi connectivity index (χ1v) is 8.54. The number of Topliss-reactive ketones (excluding diaryl/α,β-unsaturated/α-hetero) is 1. The second-order valence-corrected chi connectivity index (χ2v) is 7.51. The Morgan fingerprint density at radius 3 is 2.23 bits per heavy atom. The smallest absolute Gasteiger partial charge is 0.400 e. The van der Waals surface area contributed by atoms with E-state index in [-0.39, 0.29) is 23.8 Å². The van der Waals surface area contributed by atoms with E-state index in [9.17, 15) is 14.0 Å². The molecule has 1 saturated heterocycles. The van der Waals surface area contributed by atoms with Crippen LogP contribution in [-0.4, -0.2) is 36.6 Å². The molecule has 2 rings (SSSR count). The van der Waals surface area contributed by atoms with Crippen molar-refractivity contribution in [2.24, 2.45) is 0 Å². The Hall–Kier alpha value is -1.99. The Morgan fingerprint density at radius 2 is 1.73 bits per heavy atom. The van der Waals surface area contributed by atoms with Gasteiger partial charge in [-0.25, -0.2) is 4.39 Å². The third kappa shape index (κ3) is 4.40. The Labute approximate surface area is 154 Å². The van der Waals surface area contributed by atoms with E-state index < -0.39 is 24.1 Å². The number of carbonyl (C=O) groups is 2. The highest BCUT2D eigenvalue weighted by atomic mass is 19.1. The minimum atomic E-state index is -0.729. The molecule has 0 saturated carbocycles. The molecule has 26 heavy (non-hydrogen) atoms. The van der Waals surface area contributed by atoms with Gasteiger partial charge in [-0.3, -0.25) is 9.59 Å². The van der Waals surface area contributed by atoms with Crippen LogP contribution in [0, 0.1) is 5.82 Å². The van der Waals surface area contributed by atoms with Crippen LogP contribution in [0.4, 0.5) is 4.39 Å². The van der Waals surface area contributed by atoms with Crippen LogP contribution >= 0.6 is 0 Å². The van der Waals surface area contributed by atoms with Gasteiger partial charge in [0.15, 0.2) is 5.78 Å². The zero-order valence-electron chi connectivity index (χ0n) is 16.1. The maximum absolute atomic E-state index is 14.3. The first-order chi connectivity index (χ1) is 11.9. The second kappa shape index (κ2) is 7.33. The molecule has 1 amide bonds. The minimum absolute atomic E-state index is 0.149. The molecule has 5 nitrogen and oxygen atoms in total. The maximum Gasteiger partial charge on any atom is 0.492 e. The first kappa shape index (κ1) is 20.3. The summed E-state index contributed by atoms with van der Waals surface area (Å²) >= 11 is 0. The fourth-order valence-electron chi connectivity index (χ4n) is 2.50. The zero-order chi connectivity index (χ0) is 19.7. The van der Waals surface area contributed by atoms with E-state index in [1.165, 1.54) is 32.0 Å². The summed E-state index contributed by atoms with van der Waals surface area (Å²) in [6.07, 6.45) is 1.57. The molecule has 1 aromatic rings. The number of ketones is 1. The Balaban J connectivity index is 2.42. The van der Waals surface area contributed by atoms with Gasteiger partial charge >= 0.3 is 7.12 Å². The number of rotatable bonds is 5. The molecule has 0 bridgehead atoms. The molecule has 0 aromatic heterocycles. The highest BCUT2D eigenvalue weighted by molar-refractivity contribution is 6.56. The molecule has 0 radical (unpaired) electrons. The van der Waals surface area contributed by atoms with Crippen LogP contribution < -0.4 is 5.32 Å². The molecule has 1 N–H and O–H groups in total. The molecule has 7 heteroatoms. The van der Waals surface area contributed by atoms with Gasteiger partial charge in [-0.1, -0.05) is 6.08 Å². The third-order valence-corrected chi connectivity index (χ3v) is 4.84. The molecule has 1 aliphatic rings. The standard InChI is InChI=1S/C19H25BFNO4/c1-12(23)14-7-8-17(21)15(9-14)10-16(11-22-13(2)24)20-25-18(3,4)19(5,6)26-20/h7-10H,11H2,1-6H3,(H,22,24). The van der Waals surface area contributed by atoms with Crippen molar-refractivity contribution in [3.05, 3.63) is 40.6 Å². The lowest BCUT2D eigenvalue weighted by Crippen LogP contribution is -2.41. The fraction of sp³-hybridized carbons (Fsp3) is 0.474. The predicted octanol–water partition coefficient (Wildman–Crippen LogP) is 3.18. The topological polar surface area (TPSA) is 64.6 Å². The maximum atomic E-state index is 14.3. The SMILES string of the molecule is CC(=O)NCC(=Cc1cc(C(C)=O)ccc1F)B1OC(C)(C)C(C)(C)O1.